The molecular weight excluding hydrogens is 1190 g/mol. The Hall–Kier alpha value is -1.94. The Labute approximate surface area is 549 Å². The molecule has 534 valence electrons. The monoisotopic (exact) mass is 1320 g/mol. The fraction of sp³-hybridized carbons (Fsp3) is 0.944. The van der Waals surface area contributed by atoms with E-state index in [1.54, 1.807) is 0 Å². The first-order valence-corrected chi connectivity index (χ1v) is 40.3. The predicted octanol–water partition coefficient (Wildman–Crippen LogP) is 20.7. The predicted molar refractivity (Wildman–Crippen MR) is 363 cm³/mol. The Morgan fingerprint density at radius 2 is 0.444 bits per heavy atom. The molecular formula is C71H138O17P2. The lowest BCUT2D eigenvalue weighted by Gasteiger charge is -2.21. The van der Waals surface area contributed by atoms with Gasteiger partial charge in [0.15, 0.2) is 12.2 Å². The number of unbranched alkanes of at least 4 members (excludes halogenated alkanes) is 46. The number of rotatable bonds is 72. The molecule has 0 bridgehead atoms. The number of hydrogen-bond acceptors (Lipinski definition) is 15. The molecule has 0 aliphatic heterocycles. The van der Waals surface area contributed by atoms with E-state index in [2.05, 4.69) is 27.7 Å². The Bertz CT molecular complexity index is 1720. The summed E-state index contributed by atoms with van der Waals surface area (Å²) in [7, 11) is -9.90. The summed E-state index contributed by atoms with van der Waals surface area (Å²) in [5, 5.41) is 10.6. The maximum atomic E-state index is 13.0. The van der Waals surface area contributed by atoms with Crippen molar-refractivity contribution in [2.45, 2.75) is 393 Å². The number of hydrogen-bond donors (Lipinski definition) is 3. The summed E-state index contributed by atoms with van der Waals surface area (Å²) in [4.78, 5) is 72.6. The molecule has 0 fully saturated rings. The van der Waals surface area contributed by atoms with E-state index in [0.717, 1.165) is 89.9 Å². The van der Waals surface area contributed by atoms with Crippen molar-refractivity contribution in [2.75, 3.05) is 39.6 Å². The third-order valence-corrected chi connectivity index (χ3v) is 18.5. The van der Waals surface area contributed by atoms with E-state index in [-0.39, 0.29) is 25.7 Å². The van der Waals surface area contributed by atoms with Crippen molar-refractivity contribution in [2.24, 2.45) is 0 Å². The Balaban J connectivity index is 5.24. The SMILES string of the molecule is CCCCCCCCCCCCCCCCCC(=O)O[C@H](COC(=O)CCCCCCCCCCCCCCCC)COP(=O)(O)OC[C@@H](O)COP(=O)(O)OC[C@@H](COC(=O)CCCCCCCCCCCC)OC(=O)CCCCCCCCCCCCC. The lowest BCUT2D eigenvalue weighted by atomic mass is 10.0. The third-order valence-electron chi connectivity index (χ3n) is 16.6. The molecule has 19 heteroatoms. The van der Waals surface area contributed by atoms with Crippen LogP contribution in [0.25, 0.3) is 0 Å². The Morgan fingerprint density at radius 3 is 0.656 bits per heavy atom. The summed E-state index contributed by atoms with van der Waals surface area (Å²) in [6.45, 7) is 4.95. The number of phosphoric acid groups is 2. The molecule has 0 aliphatic rings. The van der Waals surface area contributed by atoms with E-state index in [4.69, 9.17) is 37.0 Å². The zero-order valence-electron chi connectivity index (χ0n) is 58.1. The minimum Gasteiger partial charge on any atom is -0.462 e. The fourth-order valence-corrected chi connectivity index (χ4v) is 12.4. The molecule has 0 saturated heterocycles. The highest BCUT2D eigenvalue weighted by atomic mass is 31.2. The maximum absolute atomic E-state index is 13.0. The Morgan fingerprint density at radius 1 is 0.267 bits per heavy atom. The van der Waals surface area contributed by atoms with Crippen LogP contribution in [0, 0.1) is 0 Å². The fourth-order valence-electron chi connectivity index (χ4n) is 10.9. The Kier molecular flexibility index (Phi) is 64.3. The number of esters is 4. The minimum atomic E-state index is -4.95. The van der Waals surface area contributed by atoms with Crippen LogP contribution in [0.3, 0.4) is 0 Å². The van der Waals surface area contributed by atoms with E-state index >= 15 is 0 Å². The smallest absolute Gasteiger partial charge is 0.462 e. The van der Waals surface area contributed by atoms with Crippen LogP contribution in [0.2, 0.25) is 0 Å². The molecule has 0 aromatic carbocycles. The first-order valence-electron chi connectivity index (χ1n) is 37.3. The van der Waals surface area contributed by atoms with Crippen LogP contribution in [-0.4, -0.2) is 96.7 Å². The lowest BCUT2D eigenvalue weighted by Crippen LogP contribution is -2.30. The zero-order valence-corrected chi connectivity index (χ0v) is 59.9. The van der Waals surface area contributed by atoms with Crippen molar-refractivity contribution in [1.29, 1.82) is 0 Å². The normalized spacial score (nSPS) is 14.0. The van der Waals surface area contributed by atoms with Gasteiger partial charge in [-0.1, -0.05) is 323 Å². The van der Waals surface area contributed by atoms with E-state index in [1.165, 1.54) is 205 Å². The summed E-state index contributed by atoms with van der Waals surface area (Å²) in [6.07, 6.45) is 53.9. The topological polar surface area (TPSA) is 237 Å². The van der Waals surface area contributed by atoms with Crippen molar-refractivity contribution in [3.63, 3.8) is 0 Å². The minimum absolute atomic E-state index is 0.108. The van der Waals surface area contributed by atoms with Gasteiger partial charge in [-0.25, -0.2) is 9.13 Å². The molecule has 0 aromatic rings. The average molecular weight is 1330 g/mol. The molecule has 0 aliphatic carbocycles. The highest BCUT2D eigenvalue weighted by Gasteiger charge is 2.30. The second-order valence-corrected chi connectivity index (χ2v) is 28.5. The van der Waals surface area contributed by atoms with Gasteiger partial charge in [0.2, 0.25) is 0 Å². The summed E-state index contributed by atoms with van der Waals surface area (Å²) >= 11 is 0. The number of carbonyl (C=O) groups is 4. The van der Waals surface area contributed by atoms with Gasteiger partial charge in [0, 0.05) is 25.7 Å². The van der Waals surface area contributed by atoms with Crippen molar-refractivity contribution in [3.8, 4) is 0 Å². The molecule has 0 rings (SSSR count). The standard InChI is InChI=1S/C71H138O17P2/c1-5-9-13-17-21-25-29-31-33-35-38-42-46-50-54-58-71(76)88-67(62-82-69(74)56-52-48-44-40-37-34-32-30-26-22-18-14-10-6-2)64-86-90(79,80)84-60-65(72)59-83-89(77,78)85-63-66(61-81-68(73)55-51-47-43-39-28-24-20-16-12-8-4)87-70(75)57-53-49-45-41-36-27-23-19-15-11-7-3/h65-67,72H,5-64H2,1-4H3,(H,77,78)(H,79,80)/t65-,66+,67+/m0/s1. The average Bonchev–Trinajstić information content (AvgIpc) is 2.90. The summed E-state index contributed by atoms with van der Waals surface area (Å²) < 4.78 is 68.3. The van der Waals surface area contributed by atoms with Crippen LogP contribution in [0.1, 0.15) is 374 Å². The number of carbonyl (C=O) groups excluding carboxylic acids is 4. The molecule has 0 spiro atoms. The van der Waals surface area contributed by atoms with Crippen molar-refractivity contribution < 1.29 is 80.2 Å². The molecule has 5 atom stereocenters. The number of ether oxygens (including phenoxy) is 4. The van der Waals surface area contributed by atoms with Gasteiger partial charge < -0.3 is 33.8 Å². The van der Waals surface area contributed by atoms with Crippen LogP contribution in [0.4, 0.5) is 0 Å². The molecule has 17 nitrogen and oxygen atoms in total. The van der Waals surface area contributed by atoms with Crippen molar-refractivity contribution in [3.05, 3.63) is 0 Å². The first-order chi connectivity index (χ1) is 43.7. The highest BCUT2D eigenvalue weighted by molar-refractivity contribution is 7.47. The highest BCUT2D eigenvalue weighted by Crippen LogP contribution is 2.45. The van der Waals surface area contributed by atoms with Crippen molar-refractivity contribution in [1.82, 2.24) is 0 Å². The second-order valence-electron chi connectivity index (χ2n) is 25.6. The summed E-state index contributed by atoms with van der Waals surface area (Å²) in [5.74, 6) is -2.12. The van der Waals surface area contributed by atoms with Crippen LogP contribution in [-0.2, 0) is 65.4 Å². The first kappa shape index (κ1) is 88.1. The van der Waals surface area contributed by atoms with Crippen LogP contribution in [0.15, 0.2) is 0 Å². The molecule has 0 radical (unpaired) electrons. The van der Waals surface area contributed by atoms with Gasteiger partial charge >= 0.3 is 39.5 Å². The molecule has 90 heavy (non-hydrogen) atoms. The van der Waals surface area contributed by atoms with E-state index < -0.39 is 97.5 Å². The van der Waals surface area contributed by atoms with Gasteiger partial charge in [0.25, 0.3) is 0 Å². The molecule has 0 aromatic heterocycles. The van der Waals surface area contributed by atoms with Gasteiger partial charge in [-0.3, -0.25) is 37.3 Å². The van der Waals surface area contributed by atoms with E-state index in [1.807, 2.05) is 0 Å². The quantitative estimate of drug-likeness (QED) is 0.0222. The van der Waals surface area contributed by atoms with E-state index in [9.17, 15) is 43.2 Å². The third kappa shape index (κ3) is 64.8. The van der Waals surface area contributed by atoms with Gasteiger partial charge in [-0.05, 0) is 25.7 Å². The van der Waals surface area contributed by atoms with Crippen LogP contribution >= 0.6 is 15.6 Å². The molecule has 2 unspecified atom stereocenters. The molecule has 0 amide bonds. The summed E-state index contributed by atoms with van der Waals surface area (Å²) in [5.41, 5.74) is 0. The number of aliphatic hydroxyl groups excluding tert-OH is 1. The number of aliphatic hydroxyl groups is 1. The molecule has 3 N–H and O–H groups in total. The van der Waals surface area contributed by atoms with Gasteiger partial charge in [-0.15, -0.1) is 0 Å². The van der Waals surface area contributed by atoms with Gasteiger partial charge in [0.05, 0.1) is 26.4 Å². The lowest BCUT2D eigenvalue weighted by molar-refractivity contribution is -0.161. The zero-order chi connectivity index (χ0) is 66.1. The van der Waals surface area contributed by atoms with E-state index in [0.29, 0.717) is 25.7 Å². The summed E-state index contributed by atoms with van der Waals surface area (Å²) in [6, 6.07) is 0. The molecule has 0 heterocycles. The van der Waals surface area contributed by atoms with Gasteiger partial charge in [-0.2, -0.15) is 0 Å². The number of phosphoric ester groups is 2. The van der Waals surface area contributed by atoms with Crippen LogP contribution in [0.5, 0.6) is 0 Å². The van der Waals surface area contributed by atoms with Crippen molar-refractivity contribution >= 4 is 39.5 Å². The second kappa shape index (κ2) is 65.7. The maximum Gasteiger partial charge on any atom is 0.472 e. The largest absolute Gasteiger partial charge is 0.472 e. The van der Waals surface area contributed by atoms with Gasteiger partial charge in [0.1, 0.15) is 19.3 Å². The van der Waals surface area contributed by atoms with Crippen LogP contribution < -0.4 is 0 Å². The molecule has 0 saturated carbocycles.